The summed E-state index contributed by atoms with van der Waals surface area (Å²) < 4.78 is 29.4. The van der Waals surface area contributed by atoms with E-state index in [1.165, 1.54) is 17.0 Å². The minimum Gasteiger partial charge on any atom is -0.547 e. The Morgan fingerprint density at radius 3 is 2.69 bits per heavy atom. The van der Waals surface area contributed by atoms with Crippen LogP contribution in [0.5, 0.6) is 5.75 Å². The molecule has 1 aromatic rings. The van der Waals surface area contributed by atoms with Gasteiger partial charge in [-0.3, -0.25) is 9.69 Å². The SMILES string of the molecule is CN1C[C@@H]2C[C@H]1CN2C(=O)C1(C(=O)[O-])NNc2ccc(OC(F)F)cc21. The monoisotopic (exact) mass is 367 g/mol. The molecule has 10 heteroatoms. The largest absolute Gasteiger partial charge is 0.547 e. The van der Waals surface area contributed by atoms with E-state index in [0.717, 1.165) is 12.5 Å². The fourth-order valence-electron chi connectivity index (χ4n) is 4.09. The van der Waals surface area contributed by atoms with Gasteiger partial charge in [0.1, 0.15) is 5.75 Å². The molecule has 0 saturated carbocycles. The molecule has 8 nitrogen and oxygen atoms in total. The van der Waals surface area contributed by atoms with Gasteiger partial charge in [0, 0.05) is 30.7 Å². The molecular weight excluding hydrogens is 350 g/mol. The molecule has 0 aliphatic carbocycles. The van der Waals surface area contributed by atoms with Gasteiger partial charge in [0.2, 0.25) is 0 Å². The number of hydrazine groups is 1. The average Bonchev–Trinajstić information content (AvgIpc) is 3.25. The summed E-state index contributed by atoms with van der Waals surface area (Å²) in [6.07, 6.45) is 0.778. The average molecular weight is 367 g/mol. The Morgan fingerprint density at radius 1 is 1.35 bits per heavy atom. The van der Waals surface area contributed by atoms with Crippen LogP contribution in [-0.2, 0) is 15.1 Å². The summed E-state index contributed by atoms with van der Waals surface area (Å²) in [5.41, 5.74) is 3.24. The van der Waals surface area contributed by atoms with Crippen molar-refractivity contribution < 1.29 is 28.2 Å². The number of rotatable bonds is 4. The number of aliphatic carboxylic acids is 1. The van der Waals surface area contributed by atoms with Crippen molar-refractivity contribution in [3.63, 3.8) is 0 Å². The summed E-state index contributed by atoms with van der Waals surface area (Å²) in [5, 5.41) is 12.0. The van der Waals surface area contributed by atoms with Crippen LogP contribution in [0.2, 0.25) is 0 Å². The van der Waals surface area contributed by atoms with Crippen LogP contribution in [0.25, 0.3) is 0 Å². The van der Waals surface area contributed by atoms with E-state index in [4.69, 9.17) is 0 Å². The van der Waals surface area contributed by atoms with Gasteiger partial charge in [-0.15, -0.1) is 0 Å². The highest BCUT2D eigenvalue weighted by molar-refractivity contribution is 6.09. The van der Waals surface area contributed by atoms with Crippen molar-refractivity contribution >= 4 is 17.6 Å². The lowest BCUT2D eigenvalue weighted by Gasteiger charge is -2.39. The molecule has 3 heterocycles. The molecule has 1 aromatic carbocycles. The highest BCUT2D eigenvalue weighted by Crippen LogP contribution is 2.40. The van der Waals surface area contributed by atoms with Gasteiger partial charge < -0.3 is 25.0 Å². The second-order valence-electron chi connectivity index (χ2n) is 6.81. The standard InChI is InChI=1S/C16H18F2N4O4/c1-21-6-9-4-8(21)7-22(9)13(23)16(14(24)25)11-5-10(26-15(17)18)2-3-12(11)19-20-16/h2-3,5,8-9,15,19-20H,4,6-7H2,1H3,(H,24,25)/p-1/t8-,9-,16?/m0/s1. The van der Waals surface area contributed by atoms with Gasteiger partial charge in [-0.05, 0) is 31.7 Å². The molecule has 1 unspecified atom stereocenters. The number of carboxylic acids is 1. The van der Waals surface area contributed by atoms with Crippen molar-refractivity contribution in [3.05, 3.63) is 23.8 Å². The summed E-state index contributed by atoms with van der Waals surface area (Å²) in [6.45, 7) is -1.98. The molecule has 26 heavy (non-hydrogen) atoms. The molecule has 1 amide bonds. The van der Waals surface area contributed by atoms with Crippen molar-refractivity contribution in [3.8, 4) is 5.75 Å². The lowest BCUT2D eigenvalue weighted by Crippen LogP contribution is -2.65. The van der Waals surface area contributed by atoms with E-state index >= 15 is 0 Å². The Hall–Kier alpha value is -2.46. The van der Waals surface area contributed by atoms with Crippen molar-refractivity contribution in [2.24, 2.45) is 0 Å². The number of nitrogens with one attached hydrogen (secondary N) is 2. The van der Waals surface area contributed by atoms with E-state index in [1.807, 2.05) is 7.05 Å². The number of fused-ring (bicyclic) bond motifs is 3. The molecule has 2 saturated heterocycles. The van der Waals surface area contributed by atoms with Crippen LogP contribution in [0.15, 0.2) is 18.2 Å². The number of anilines is 1. The lowest BCUT2D eigenvalue weighted by atomic mass is 9.88. The van der Waals surface area contributed by atoms with E-state index in [9.17, 15) is 23.5 Å². The molecule has 2 bridgehead atoms. The number of ether oxygens (including phenoxy) is 1. The molecule has 3 aliphatic rings. The minimum absolute atomic E-state index is 0.00298. The number of carbonyl (C=O) groups excluding carboxylic acids is 2. The number of halogens is 2. The number of likely N-dealkylation sites (N-methyl/N-ethyl adjacent to an activating group) is 1. The van der Waals surface area contributed by atoms with E-state index in [-0.39, 0.29) is 23.4 Å². The fourth-order valence-corrected chi connectivity index (χ4v) is 4.09. The van der Waals surface area contributed by atoms with Crippen LogP contribution in [0.4, 0.5) is 14.5 Å². The summed E-state index contributed by atoms with van der Waals surface area (Å²) >= 11 is 0. The second-order valence-corrected chi connectivity index (χ2v) is 6.81. The predicted octanol–water partition coefficient (Wildman–Crippen LogP) is -0.922. The zero-order valence-corrected chi connectivity index (χ0v) is 13.9. The predicted molar refractivity (Wildman–Crippen MR) is 83.1 cm³/mol. The normalized spacial score (nSPS) is 29.8. The third-order valence-electron chi connectivity index (χ3n) is 5.41. The van der Waals surface area contributed by atoms with E-state index < -0.39 is 24.0 Å². The van der Waals surface area contributed by atoms with Gasteiger partial charge in [0.25, 0.3) is 5.91 Å². The fraction of sp³-hybridized carbons (Fsp3) is 0.500. The quantitative estimate of drug-likeness (QED) is 0.664. The number of hydrogen-bond donors (Lipinski definition) is 2. The summed E-state index contributed by atoms with van der Waals surface area (Å²) in [6, 6.07) is 3.87. The first-order valence-corrected chi connectivity index (χ1v) is 8.18. The Labute approximate surface area is 147 Å². The maximum atomic E-state index is 13.2. The van der Waals surface area contributed by atoms with Gasteiger partial charge in [0.15, 0.2) is 5.54 Å². The topological polar surface area (TPSA) is 97.0 Å². The number of piperazine rings is 1. The van der Waals surface area contributed by atoms with Gasteiger partial charge in [-0.2, -0.15) is 8.78 Å². The van der Waals surface area contributed by atoms with Gasteiger partial charge >= 0.3 is 6.61 Å². The van der Waals surface area contributed by atoms with Crippen molar-refractivity contribution in [2.75, 3.05) is 25.6 Å². The number of hydrogen-bond acceptors (Lipinski definition) is 7. The van der Waals surface area contributed by atoms with Crippen LogP contribution >= 0.6 is 0 Å². The maximum absolute atomic E-state index is 13.2. The number of alkyl halides is 2. The van der Waals surface area contributed by atoms with Crippen LogP contribution < -0.4 is 20.7 Å². The van der Waals surface area contributed by atoms with Gasteiger partial charge in [0.05, 0.1) is 11.7 Å². The third-order valence-corrected chi connectivity index (χ3v) is 5.41. The Balaban J connectivity index is 1.71. The number of benzene rings is 1. The number of carboxylic acid groups (broad SMARTS) is 1. The molecule has 3 aliphatic heterocycles. The summed E-state index contributed by atoms with van der Waals surface area (Å²) in [5.74, 6) is -2.55. The van der Waals surface area contributed by atoms with Gasteiger partial charge in [-0.25, -0.2) is 5.43 Å². The number of nitrogens with zero attached hydrogens (tertiary/aromatic N) is 2. The smallest absolute Gasteiger partial charge is 0.387 e. The first-order valence-electron chi connectivity index (χ1n) is 8.18. The molecule has 2 fully saturated rings. The lowest BCUT2D eigenvalue weighted by molar-refractivity contribution is -0.313. The van der Waals surface area contributed by atoms with Crippen LogP contribution in [0.1, 0.15) is 12.0 Å². The van der Waals surface area contributed by atoms with Crippen LogP contribution in [0.3, 0.4) is 0 Å². The highest BCUT2D eigenvalue weighted by Gasteiger charge is 2.54. The molecule has 140 valence electrons. The zero-order valence-electron chi connectivity index (χ0n) is 13.9. The van der Waals surface area contributed by atoms with E-state index in [1.54, 1.807) is 0 Å². The third kappa shape index (κ3) is 2.32. The number of amides is 1. The number of likely N-dealkylation sites (tertiary alicyclic amines) is 2. The Kier molecular flexibility index (Phi) is 3.77. The summed E-state index contributed by atoms with van der Waals surface area (Å²) in [4.78, 5) is 28.9. The zero-order chi connectivity index (χ0) is 18.6. The van der Waals surface area contributed by atoms with Crippen molar-refractivity contribution in [1.82, 2.24) is 15.2 Å². The molecule has 4 rings (SSSR count). The van der Waals surface area contributed by atoms with E-state index in [2.05, 4.69) is 20.5 Å². The van der Waals surface area contributed by atoms with Crippen molar-refractivity contribution in [2.45, 2.75) is 30.7 Å². The van der Waals surface area contributed by atoms with E-state index in [0.29, 0.717) is 18.8 Å². The molecule has 2 N–H and O–H groups in total. The highest BCUT2D eigenvalue weighted by atomic mass is 19.3. The molecule has 3 atom stereocenters. The minimum atomic E-state index is -3.06. The molecule has 0 radical (unpaired) electrons. The first-order chi connectivity index (χ1) is 12.3. The van der Waals surface area contributed by atoms with Crippen molar-refractivity contribution in [1.29, 1.82) is 0 Å². The van der Waals surface area contributed by atoms with Crippen LogP contribution in [0, 0.1) is 0 Å². The Morgan fingerprint density at radius 2 is 2.12 bits per heavy atom. The molecular formula is C16H17F2N4O4-. The number of carbonyl (C=O) groups is 2. The van der Waals surface area contributed by atoms with Gasteiger partial charge in [-0.1, -0.05) is 0 Å². The Bertz CT molecular complexity index is 775. The van der Waals surface area contributed by atoms with Crippen LogP contribution in [-0.4, -0.2) is 60.5 Å². The summed E-state index contributed by atoms with van der Waals surface area (Å²) in [7, 11) is 1.96. The second kappa shape index (κ2) is 5.78. The first kappa shape index (κ1) is 17.0. The molecule has 0 spiro atoms. The maximum Gasteiger partial charge on any atom is 0.387 e. The molecule has 0 aromatic heterocycles.